The number of methoxy groups -OCH3 is 1. The molecule has 26 heavy (non-hydrogen) atoms. The van der Waals surface area contributed by atoms with Crippen LogP contribution in [0.25, 0.3) is 0 Å². The molecule has 2 aromatic rings. The third kappa shape index (κ3) is 4.03. The number of amides is 2. The van der Waals surface area contributed by atoms with Gasteiger partial charge in [-0.3, -0.25) is 0 Å². The smallest absolute Gasteiger partial charge is 0.328 e. The van der Waals surface area contributed by atoms with Crippen molar-refractivity contribution >= 4 is 46.6 Å². The first-order chi connectivity index (χ1) is 12.5. The van der Waals surface area contributed by atoms with Crippen molar-refractivity contribution in [1.29, 1.82) is 0 Å². The number of nitrogens with one attached hydrogen (secondary N) is 3. The summed E-state index contributed by atoms with van der Waals surface area (Å²) in [5.41, 5.74) is 1.93. The van der Waals surface area contributed by atoms with E-state index in [2.05, 4.69) is 16.0 Å². The molecule has 1 aliphatic rings. The second-order valence-corrected chi connectivity index (χ2v) is 6.67. The topological polar surface area (TPSA) is 79.5 Å². The maximum absolute atomic E-state index is 12.4. The highest BCUT2D eigenvalue weighted by Crippen LogP contribution is 2.40. The summed E-state index contributed by atoms with van der Waals surface area (Å²) in [5.74, 6) is -0.429. The first kappa shape index (κ1) is 18.4. The van der Waals surface area contributed by atoms with E-state index in [4.69, 9.17) is 27.9 Å². The molecule has 0 aliphatic carbocycles. The number of para-hydroxylation sites is 1. The minimum absolute atomic E-state index is 0.295. The molecule has 3 rings (SSSR count). The summed E-state index contributed by atoms with van der Waals surface area (Å²) in [7, 11) is 1.31. The summed E-state index contributed by atoms with van der Waals surface area (Å²) in [6, 6.07) is 10.8. The molecule has 2 aromatic carbocycles. The van der Waals surface area contributed by atoms with Crippen molar-refractivity contribution in [1.82, 2.24) is 5.32 Å². The van der Waals surface area contributed by atoms with Gasteiger partial charge in [-0.15, -0.1) is 0 Å². The van der Waals surface area contributed by atoms with Crippen LogP contribution in [0.3, 0.4) is 0 Å². The third-order valence-electron chi connectivity index (χ3n) is 4.07. The number of rotatable bonds is 3. The third-order valence-corrected chi connectivity index (χ3v) is 4.60. The molecule has 0 spiro atoms. The van der Waals surface area contributed by atoms with Gasteiger partial charge in [0.25, 0.3) is 0 Å². The van der Waals surface area contributed by atoms with Crippen molar-refractivity contribution in [2.75, 3.05) is 17.7 Å². The van der Waals surface area contributed by atoms with Crippen molar-refractivity contribution in [2.24, 2.45) is 0 Å². The van der Waals surface area contributed by atoms with Gasteiger partial charge < -0.3 is 20.7 Å². The molecule has 1 heterocycles. The van der Waals surface area contributed by atoms with E-state index >= 15 is 0 Å². The van der Waals surface area contributed by atoms with E-state index in [1.807, 2.05) is 18.2 Å². The fraction of sp³-hybridized carbons (Fsp3) is 0.222. The van der Waals surface area contributed by atoms with Crippen LogP contribution in [0.4, 0.5) is 16.2 Å². The van der Waals surface area contributed by atoms with Crippen molar-refractivity contribution in [3.8, 4) is 0 Å². The molecule has 0 fully saturated rings. The lowest BCUT2D eigenvalue weighted by atomic mass is 9.92. The Balaban J connectivity index is 1.85. The van der Waals surface area contributed by atoms with Crippen molar-refractivity contribution in [2.45, 2.75) is 18.5 Å². The van der Waals surface area contributed by atoms with Crippen LogP contribution in [0.1, 0.15) is 18.0 Å². The fourth-order valence-electron chi connectivity index (χ4n) is 2.93. The molecule has 6 nitrogen and oxygen atoms in total. The number of benzene rings is 2. The number of ether oxygens (including phenoxy) is 1. The van der Waals surface area contributed by atoms with E-state index in [9.17, 15) is 9.59 Å². The fourth-order valence-corrected chi connectivity index (χ4v) is 3.56. The minimum Gasteiger partial charge on any atom is -0.467 e. The summed E-state index contributed by atoms with van der Waals surface area (Å²) in [6.07, 6.45) is 0.295. The van der Waals surface area contributed by atoms with Crippen molar-refractivity contribution < 1.29 is 14.3 Å². The van der Waals surface area contributed by atoms with Gasteiger partial charge in [0, 0.05) is 33.4 Å². The summed E-state index contributed by atoms with van der Waals surface area (Å²) in [4.78, 5) is 24.4. The lowest BCUT2D eigenvalue weighted by Crippen LogP contribution is -2.42. The zero-order valence-corrected chi connectivity index (χ0v) is 15.4. The molecule has 2 atom stereocenters. The number of carbonyl (C=O) groups excluding carboxylic acids is 2. The predicted octanol–water partition coefficient (Wildman–Crippen LogP) is 4.21. The Morgan fingerprint density at radius 1 is 1.19 bits per heavy atom. The molecule has 2 amide bonds. The van der Waals surface area contributed by atoms with Crippen LogP contribution in [0.5, 0.6) is 0 Å². The highest BCUT2D eigenvalue weighted by molar-refractivity contribution is 6.35. The molecular weight excluding hydrogens is 377 g/mol. The molecular formula is C18H17Cl2N3O3. The van der Waals surface area contributed by atoms with E-state index in [1.165, 1.54) is 7.11 Å². The Morgan fingerprint density at radius 3 is 2.62 bits per heavy atom. The van der Waals surface area contributed by atoms with E-state index < -0.39 is 24.1 Å². The van der Waals surface area contributed by atoms with Crippen LogP contribution in [0.15, 0.2) is 42.5 Å². The number of urea groups is 1. The van der Waals surface area contributed by atoms with Gasteiger partial charge in [-0.25, -0.2) is 9.59 Å². The molecule has 136 valence electrons. The lowest BCUT2D eigenvalue weighted by Gasteiger charge is -2.33. The largest absolute Gasteiger partial charge is 0.467 e. The van der Waals surface area contributed by atoms with Gasteiger partial charge in [0.1, 0.15) is 6.04 Å². The van der Waals surface area contributed by atoms with Crippen molar-refractivity contribution in [3.63, 3.8) is 0 Å². The van der Waals surface area contributed by atoms with Gasteiger partial charge in [-0.1, -0.05) is 41.4 Å². The first-order valence-electron chi connectivity index (χ1n) is 7.94. The monoisotopic (exact) mass is 393 g/mol. The zero-order chi connectivity index (χ0) is 18.7. The Kier molecular flexibility index (Phi) is 5.54. The van der Waals surface area contributed by atoms with Gasteiger partial charge in [0.15, 0.2) is 0 Å². The van der Waals surface area contributed by atoms with Crippen molar-refractivity contribution in [3.05, 3.63) is 58.1 Å². The van der Waals surface area contributed by atoms with Gasteiger partial charge in [-0.2, -0.15) is 0 Å². The van der Waals surface area contributed by atoms with E-state index in [1.54, 1.807) is 24.3 Å². The number of fused-ring (bicyclic) bond motifs is 1. The molecule has 0 radical (unpaired) electrons. The van der Waals surface area contributed by atoms with Crippen LogP contribution in [-0.4, -0.2) is 25.2 Å². The molecule has 0 unspecified atom stereocenters. The summed E-state index contributed by atoms with van der Waals surface area (Å²) in [6.45, 7) is 0. The van der Waals surface area contributed by atoms with Gasteiger partial charge in [-0.05, 0) is 24.3 Å². The molecule has 0 bridgehead atoms. The molecule has 0 saturated carbocycles. The Labute approximate surface area is 160 Å². The quantitative estimate of drug-likeness (QED) is 0.682. The van der Waals surface area contributed by atoms with Gasteiger partial charge in [0.2, 0.25) is 0 Å². The van der Waals surface area contributed by atoms with Gasteiger partial charge in [0.05, 0.1) is 13.2 Å². The Morgan fingerprint density at radius 2 is 1.92 bits per heavy atom. The van der Waals surface area contributed by atoms with E-state index in [0.29, 0.717) is 33.4 Å². The van der Waals surface area contributed by atoms with Crippen LogP contribution >= 0.6 is 23.2 Å². The molecule has 3 N–H and O–H groups in total. The van der Waals surface area contributed by atoms with Crippen LogP contribution in [0, 0.1) is 0 Å². The van der Waals surface area contributed by atoms with Crippen LogP contribution in [-0.2, 0) is 9.53 Å². The van der Waals surface area contributed by atoms with Crippen LogP contribution < -0.4 is 16.0 Å². The Bertz CT molecular complexity index is 830. The highest BCUT2D eigenvalue weighted by atomic mass is 35.5. The second kappa shape index (κ2) is 7.85. The summed E-state index contributed by atoms with van der Waals surface area (Å²) in [5, 5.41) is 9.53. The lowest BCUT2D eigenvalue weighted by molar-refractivity contribution is -0.141. The van der Waals surface area contributed by atoms with E-state index in [-0.39, 0.29) is 0 Å². The van der Waals surface area contributed by atoms with Crippen LogP contribution in [0.2, 0.25) is 10.0 Å². The van der Waals surface area contributed by atoms with Gasteiger partial charge >= 0.3 is 12.0 Å². The minimum atomic E-state index is -0.621. The number of hydrogen-bond acceptors (Lipinski definition) is 4. The predicted molar refractivity (Wildman–Crippen MR) is 102 cm³/mol. The number of esters is 1. The number of anilines is 2. The first-order valence-corrected chi connectivity index (χ1v) is 8.69. The number of carbonyl (C=O) groups is 2. The normalized spacial score (nSPS) is 18.3. The Hall–Kier alpha value is -2.44. The second-order valence-electron chi connectivity index (χ2n) is 5.82. The highest BCUT2D eigenvalue weighted by Gasteiger charge is 2.34. The molecule has 1 aliphatic heterocycles. The SMILES string of the molecule is COC(=O)[C@@H]1C[C@@H](NC(=O)Nc2ccccc2)c2c(Cl)cc(Cl)cc2N1. The molecule has 0 saturated heterocycles. The van der Waals surface area contributed by atoms with E-state index in [0.717, 1.165) is 0 Å². The standard InChI is InChI=1S/C18H17Cl2N3O3/c1-26-17(24)15-9-14(16-12(20)7-10(19)8-13(16)22-15)23-18(25)21-11-5-3-2-4-6-11/h2-8,14-15,22H,9H2,1H3,(H2,21,23,25)/t14-,15+/m1/s1. The average Bonchev–Trinajstić information content (AvgIpc) is 2.60. The molecule has 0 aromatic heterocycles. The zero-order valence-electron chi connectivity index (χ0n) is 13.9. The maximum atomic E-state index is 12.4. The maximum Gasteiger partial charge on any atom is 0.328 e. The number of hydrogen-bond donors (Lipinski definition) is 3. The summed E-state index contributed by atoms with van der Waals surface area (Å²) < 4.78 is 4.82. The average molecular weight is 394 g/mol. The molecule has 8 heteroatoms. The summed E-state index contributed by atoms with van der Waals surface area (Å²) >= 11 is 12.4. The number of halogens is 2.